The average molecular weight is 444 g/mol. The highest BCUT2D eigenvalue weighted by molar-refractivity contribution is 5.73. The van der Waals surface area contributed by atoms with Crippen LogP contribution in [0.1, 0.15) is 32.8 Å². The summed E-state index contributed by atoms with van der Waals surface area (Å²) < 4.78 is 2.20. The van der Waals surface area contributed by atoms with Gasteiger partial charge in [0.2, 0.25) is 0 Å². The van der Waals surface area contributed by atoms with Crippen molar-refractivity contribution in [2.24, 2.45) is 0 Å². The summed E-state index contributed by atoms with van der Waals surface area (Å²) in [5, 5.41) is 9.33. The molecule has 1 aromatic heterocycles. The molecule has 0 fully saturated rings. The van der Waals surface area contributed by atoms with Crippen molar-refractivity contribution < 1.29 is 0 Å². The quantitative estimate of drug-likeness (QED) is 0.320. The molecule has 3 heteroatoms. The third-order valence-electron chi connectivity index (χ3n) is 6.18. The molecule has 0 spiro atoms. The van der Waals surface area contributed by atoms with Gasteiger partial charge in [-0.15, -0.1) is 10.2 Å². The third-order valence-corrected chi connectivity index (χ3v) is 6.18. The van der Waals surface area contributed by atoms with E-state index in [0.29, 0.717) is 0 Å². The first-order chi connectivity index (χ1) is 16.5. The van der Waals surface area contributed by atoms with Gasteiger partial charge in [0.25, 0.3) is 0 Å². The first kappa shape index (κ1) is 21.8. The van der Waals surface area contributed by atoms with Gasteiger partial charge in [0.1, 0.15) is 0 Å². The van der Waals surface area contributed by atoms with Crippen molar-refractivity contribution in [3.05, 3.63) is 115 Å². The molecule has 4 aromatic rings. The Bertz CT molecular complexity index is 1360. The van der Waals surface area contributed by atoms with Gasteiger partial charge in [-0.1, -0.05) is 124 Å². The highest BCUT2D eigenvalue weighted by atomic mass is 15.3. The smallest absolute Gasteiger partial charge is 0.168 e. The van der Waals surface area contributed by atoms with E-state index in [-0.39, 0.29) is 5.41 Å². The minimum atomic E-state index is 0.108. The molecule has 1 aliphatic rings. The number of aromatic nitrogens is 3. The van der Waals surface area contributed by atoms with Crippen molar-refractivity contribution in [3.63, 3.8) is 0 Å². The molecule has 0 atom stereocenters. The van der Waals surface area contributed by atoms with E-state index in [1.807, 2.05) is 6.07 Å². The summed E-state index contributed by atoms with van der Waals surface area (Å²) in [5.41, 5.74) is 7.06. The van der Waals surface area contributed by atoms with Crippen LogP contribution in [0.4, 0.5) is 0 Å². The first-order valence-electron chi connectivity index (χ1n) is 11.8. The van der Waals surface area contributed by atoms with Crippen LogP contribution in [0.2, 0.25) is 0 Å². The fourth-order valence-corrected chi connectivity index (χ4v) is 4.22. The minimum absolute atomic E-state index is 0.108. The molecule has 1 heterocycles. The van der Waals surface area contributed by atoms with Crippen molar-refractivity contribution in [1.29, 1.82) is 0 Å². The van der Waals surface area contributed by atoms with E-state index >= 15 is 0 Å². The molecular weight excluding hydrogens is 414 g/mol. The Morgan fingerprint density at radius 1 is 0.618 bits per heavy atom. The number of benzene rings is 3. The molecule has 0 saturated carbocycles. The molecule has 3 nitrogen and oxygen atoms in total. The molecule has 0 saturated heterocycles. The van der Waals surface area contributed by atoms with Gasteiger partial charge in [-0.3, -0.25) is 4.57 Å². The van der Waals surface area contributed by atoms with Gasteiger partial charge in [-0.2, -0.15) is 0 Å². The van der Waals surface area contributed by atoms with Gasteiger partial charge in [0.15, 0.2) is 11.6 Å². The van der Waals surface area contributed by atoms with E-state index in [0.717, 1.165) is 34.9 Å². The van der Waals surface area contributed by atoms with Gasteiger partial charge < -0.3 is 0 Å². The van der Waals surface area contributed by atoms with E-state index in [4.69, 9.17) is 0 Å². The zero-order valence-corrected chi connectivity index (χ0v) is 19.9. The summed E-state index contributed by atoms with van der Waals surface area (Å²) in [6.45, 7) is 6.70. The van der Waals surface area contributed by atoms with E-state index < -0.39 is 0 Å². The van der Waals surface area contributed by atoms with E-state index in [1.54, 1.807) is 0 Å². The largest absolute Gasteiger partial charge is 0.279 e. The maximum absolute atomic E-state index is 4.67. The summed E-state index contributed by atoms with van der Waals surface area (Å²) in [4.78, 5) is 0. The second-order valence-corrected chi connectivity index (χ2v) is 9.63. The lowest BCUT2D eigenvalue weighted by molar-refractivity contribution is 0.590. The Morgan fingerprint density at radius 2 is 1.18 bits per heavy atom. The van der Waals surface area contributed by atoms with Crippen LogP contribution >= 0.6 is 0 Å². The fourth-order valence-electron chi connectivity index (χ4n) is 4.22. The number of hydrogen-bond acceptors (Lipinski definition) is 2. The monoisotopic (exact) mass is 443 g/mol. The van der Waals surface area contributed by atoms with Crippen LogP contribution in [0.25, 0.3) is 39.6 Å². The Kier molecular flexibility index (Phi) is 5.85. The third kappa shape index (κ3) is 4.42. The summed E-state index contributed by atoms with van der Waals surface area (Å²) in [7, 11) is 0. The second kappa shape index (κ2) is 9.11. The minimum Gasteiger partial charge on any atom is -0.279 e. The lowest BCUT2D eigenvalue weighted by Crippen LogP contribution is -2.10. The zero-order valence-electron chi connectivity index (χ0n) is 19.9. The Balaban J connectivity index is 1.59. The number of nitrogens with zero attached hydrogens (tertiary/aromatic N) is 3. The summed E-state index contributed by atoms with van der Waals surface area (Å²) in [6, 6.07) is 27.7. The normalized spacial score (nSPS) is 13.6. The molecule has 0 bridgehead atoms. The second-order valence-electron chi connectivity index (χ2n) is 9.63. The molecule has 168 valence electrons. The Morgan fingerprint density at radius 3 is 1.79 bits per heavy atom. The van der Waals surface area contributed by atoms with Crippen LogP contribution < -0.4 is 0 Å². The van der Waals surface area contributed by atoms with E-state index in [9.17, 15) is 0 Å². The van der Waals surface area contributed by atoms with E-state index in [2.05, 4.69) is 139 Å². The molecule has 5 rings (SSSR count). The van der Waals surface area contributed by atoms with Gasteiger partial charge in [-0.05, 0) is 28.2 Å². The SMILES string of the molecule is CC(C)(C)c1ccc(-c2nnc(-c3ccc(-c4ccccc4)cc3)n2C2=CC=CC=CC2)cc1. The predicted molar refractivity (Wildman–Crippen MR) is 142 cm³/mol. The van der Waals surface area contributed by atoms with Gasteiger partial charge in [0.05, 0.1) is 0 Å². The Hall–Kier alpha value is -3.98. The molecule has 0 aliphatic heterocycles. The predicted octanol–water partition coefficient (Wildman–Crippen LogP) is 7.93. The van der Waals surface area contributed by atoms with Crippen LogP contribution in [0.5, 0.6) is 0 Å². The fraction of sp³-hybridized carbons (Fsp3) is 0.161. The number of hydrogen-bond donors (Lipinski definition) is 0. The maximum Gasteiger partial charge on any atom is 0.168 e. The lowest BCUT2D eigenvalue weighted by atomic mass is 9.86. The average Bonchev–Trinajstić information content (AvgIpc) is 3.12. The summed E-state index contributed by atoms with van der Waals surface area (Å²) in [5.74, 6) is 1.71. The number of allylic oxidation sites excluding steroid dienone is 6. The standard InChI is InChI=1S/C31H29N3/c1-31(2,3)27-21-19-26(20-22-27)30-33-32-29(34(30)28-13-9-4-5-10-14-28)25-17-15-24(16-18-25)23-11-7-6-8-12-23/h4-13,15-22H,14H2,1-3H3. The molecule has 0 unspecified atom stereocenters. The van der Waals surface area contributed by atoms with Crippen LogP contribution in [-0.2, 0) is 5.41 Å². The molecule has 3 aromatic carbocycles. The van der Waals surface area contributed by atoms with Crippen molar-refractivity contribution >= 4 is 5.70 Å². The first-order valence-corrected chi connectivity index (χ1v) is 11.8. The van der Waals surface area contributed by atoms with Gasteiger partial charge in [0, 0.05) is 23.2 Å². The van der Waals surface area contributed by atoms with E-state index in [1.165, 1.54) is 16.7 Å². The number of rotatable bonds is 4. The van der Waals surface area contributed by atoms with Crippen LogP contribution in [0, 0.1) is 0 Å². The van der Waals surface area contributed by atoms with Crippen LogP contribution in [0.15, 0.2) is 109 Å². The topological polar surface area (TPSA) is 30.7 Å². The maximum atomic E-state index is 4.67. The highest BCUT2D eigenvalue weighted by Crippen LogP contribution is 2.32. The summed E-state index contributed by atoms with van der Waals surface area (Å²) >= 11 is 0. The molecule has 0 radical (unpaired) electrons. The molecular formula is C31H29N3. The molecule has 0 amide bonds. The van der Waals surface area contributed by atoms with Gasteiger partial charge >= 0.3 is 0 Å². The van der Waals surface area contributed by atoms with Crippen molar-refractivity contribution in [2.45, 2.75) is 32.6 Å². The van der Waals surface area contributed by atoms with Crippen molar-refractivity contribution in [3.8, 4) is 33.9 Å². The molecule has 0 N–H and O–H groups in total. The van der Waals surface area contributed by atoms with Crippen LogP contribution in [0.3, 0.4) is 0 Å². The molecule has 34 heavy (non-hydrogen) atoms. The van der Waals surface area contributed by atoms with Gasteiger partial charge in [-0.25, -0.2) is 0 Å². The highest BCUT2D eigenvalue weighted by Gasteiger charge is 2.20. The molecule has 1 aliphatic carbocycles. The van der Waals surface area contributed by atoms with Crippen LogP contribution in [-0.4, -0.2) is 14.8 Å². The lowest BCUT2D eigenvalue weighted by Gasteiger charge is -2.19. The zero-order chi connectivity index (χ0) is 23.5. The van der Waals surface area contributed by atoms with Crippen molar-refractivity contribution in [1.82, 2.24) is 14.8 Å². The Labute approximate surface area is 201 Å². The van der Waals surface area contributed by atoms with Crippen molar-refractivity contribution in [2.75, 3.05) is 0 Å². The summed E-state index contributed by atoms with van der Waals surface area (Å²) in [6.07, 6.45) is 11.4.